The normalized spacial score (nSPS) is 15.8. The van der Waals surface area contributed by atoms with Crippen molar-refractivity contribution in [2.45, 2.75) is 13.0 Å². The molecule has 0 amide bonds. The van der Waals surface area contributed by atoms with Crippen molar-refractivity contribution < 1.29 is 13.9 Å². The maximum atomic E-state index is 12.8. The van der Waals surface area contributed by atoms with Gasteiger partial charge in [-0.25, -0.2) is 19.4 Å². The van der Waals surface area contributed by atoms with Crippen molar-refractivity contribution in [3.05, 3.63) is 70.2 Å². The number of aryl methyl sites for hydroxylation is 1. The topological polar surface area (TPSA) is 137 Å². The van der Waals surface area contributed by atoms with Crippen LogP contribution in [0.2, 0.25) is 0 Å². The molecule has 2 aromatic carbocycles. The highest BCUT2D eigenvalue weighted by molar-refractivity contribution is 6.00. The van der Waals surface area contributed by atoms with Gasteiger partial charge < -0.3 is 19.8 Å². The lowest BCUT2D eigenvalue weighted by molar-refractivity contribution is 0.0277. The Bertz CT molecular complexity index is 1720. The number of rotatable bonds is 5. The number of carbonyl (C=O) groups excluding carboxylic acids is 1. The first-order valence-electron chi connectivity index (χ1n) is 11.8. The second kappa shape index (κ2) is 9.19. The number of hydrogen-bond donors (Lipinski definition) is 2. The van der Waals surface area contributed by atoms with Crippen LogP contribution in [0.3, 0.4) is 0 Å². The first-order chi connectivity index (χ1) is 18.0. The zero-order valence-electron chi connectivity index (χ0n) is 20.2. The fourth-order valence-corrected chi connectivity index (χ4v) is 4.62. The van der Waals surface area contributed by atoms with Crippen molar-refractivity contribution in [3.8, 4) is 11.3 Å². The van der Waals surface area contributed by atoms with Crippen molar-refractivity contribution in [2.75, 3.05) is 25.0 Å². The van der Waals surface area contributed by atoms with Gasteiger partial charge in [-0.2, -0.15) is 0 Å². The quantitative estimate of drug-likeness (QED) is 0.275. The number of anilines is 2. The number of Topliss-reactive ketones (excluding diaryl/α,β-unsaturated/α-hetero) is 1. The van der Waals surface area contributed by atoms with E-state index in [-0.39, 0.29) is 11.3 Å². The molecule has 3 aromatic heterocycles. The lowest BCUT2D eigenvalue weighted by Gasteiger charge is -2.26. The SMILES string of the molecule is CC(=O)c1c(C2CNCCO2)c2ccc(Nc3nccc(-c4ccc5nnn(C)c5c4)n3)cc2oc1=O. The monoisotopic (exact) mass is 497 g/mol. The number of ether oxygens (including phenoxy) is 1. The molecule has 37 heavy (non-hydrogen) atoms. The van der Waals surface area contributed by atoms with E-state index in [9.17, 15) is 9.59 Å². The van der Waals surface area contributed by atoms with Crippen LogP contribution in [0.1, 0.15) is 28.9 Å². The van der Waals surface area contributed by atoms with Gasteiger partial charge in [-0.3, -0.25) is 4.79 Å². The van der Waals surface area contributed by atoms with Gasteiger partial charge in [0.05, 0.1) is 23.9 Å². The molecule has 0 radical (unpaired) electrons. The Kier molecular flexibility index (Phi) is 5.70. The Morgan fingerprint density at radius 3 is 2.89 bits per heavy atom. The van der Waals surface area contributed by atoms with Crippen LogP contribution in [0.5, 0.6) is 0 Å². The molecule has 1 aliphatic heterocycles. The van der Waals surface area contributed by atoms with Gasteiger partial charge in [0.15, 0.2) is 5.78 Å². The summed E-state index contributed by atoms with van der Waals surface area (Å²) in [6, 6.07) is 13.0. The molecule has 6 rings (SSSR count). The second-order valence-electron chi connectivity index (χ2n) is 8.82. The van der Waals surface area contributed by atoms with Gasteiger partial charge in [0, 0.05) is 54.6 Å². The third-order valence-electron chi connectivity index (χ3n) is 6.37. The summed E-state index contributed by atoms with van der Waals surface area (Å²) in [4.78, 5) is 34.1. The molecule has 4 heterocycles. The molecule has 5 aromatic rings. The molecular weight excluding hydrogens is 474 g/mol. The number of benzene rings is 2. The molecule has 11 heteroatoms. The number of hydrogen-bond acceptors (Lipinski definition) is 10. The number of aromatic nitrogens is 5. The summed E-state index contributed by atoms with van der Waals surface area (Å²) in [6.45, 7) is 3.06. The molecule has 0 spiro atoms. The molecule has 1 saturated heterocycles. The molecule has 0 aliphatic carbocycles. The van der Waals surface area contributed by atoms with Gasteiger partial charge >= 0.3 is 5.63 Å². The summed E-state index contributed by atoms with van der Waals surface area (Å²) in [5.41, 5.74) is 4.19. The molecule has 186 valence electrons. The molecule has 1 fully saturated rings. The van der Waals surface area contributed by atoms with E-state index in [1.54, 1.807) is 16.9 Å². The highest BCUT2D eigenvalue weighted by Crippen LogP contribution is 2.32. The minimum Gasteiger partial charge on any atom is -0.422 e. The first kappa shape index (κ1) is 23.0. The van der Waals surface area contributed by atoms with Crippen molar-refractivity contribution in [1.82, 2.24) is 30.3 Å². The van der Waals surface area contributed by atoms with Gasteiger partial charge in [-0.1, -0.05) is 11.3 Å². The molecule has 0 bridgehead atoms. The van der Waals surface area contributed by atoms with E-state index >= 15 is 0 Å². The maximum Gasteiger partial charge on any atom is 0.347 e. The summed E-state index contributed by atoms with van der Waals surface area (Å²) in [6.07, 6.45) is 1.24. The van der Waals surface area contributed by atoms with E-state index in [0.29, 0.717) is 47.9 Å². The third-order valence-corrected chi connectivity index (χ3v) is 6.37. The van der Waals surface area contributed by atoms with Crippen LogP contribution in [0.4, 0.5) is 11.6 Å². The molecule has 0 saturated carbocycles. The van der Waals surface area contributed by atoms with E-state index < -0.39 is 11.7 Å². The second-order valence-corrected chi connectivity index (χ2v) is 8.82. The average Bonchev–Trinajstić information content (AvgIpc) is 3.28. The lowest BCUT2D eigenvalue weighted by Crippen LogP contribution is -2.35. The number of carbonyl (C=O) groups is 1. The Labute approximate surface area is 210 Å². The van der Waals surface area contributed by atoms with Crippen molar-refractivity contribution in [2.24, 2.45) is 7.05 Å². The molecule has 1 unspecified atom stereocenters. The summed E-state index contributed by atoms with van der Waals surface area (Å²) in [5.74, 6) is 0.0233. The highest BCUT2D eigenvalue weighted by atomic mass is 16.5. The lowest BCUT2D eigenvalue weighted by atomic mass is 9.96. The third kappa shape index (κ3) is 4.24. The molecule has 2 N–H and O–H groups in total. The fraction of sp³-hybridized carbons (Fsp3) is 0.231. The molecular formula is C26H23N7O4. The van der Waals surface area contributed by atoms with E-state index in [2.05, 4.69) is 30.9 Å². The van der Waals surface area contributed by atoms with Crippen LogP contribution in [-0.4, -0.2) is 50.4 Å². The van der Waals surface area contributed by atoms with Gasteiger partial charge in [0.1, 0.15) is 16.7 Å². The number of fused-ring (bicyclic) bond motifs is 2. The van der Waals surface area contributed by atoms with E-state index in [1.807, 2.05) is 43.4 Å². The fourth-order valence-electron chi connectivity index (χ4n) is 4.62. The van der Waals surface area contributed by atoms with Crippen LogP contribution in [0.15, 0.2) is 57.9 Å². The maximum absolute atomic E-state index is 12.8. The zero-order chi connectivity index (χ0) is 25.5. The van der Waals surface area contributed by atoms with Crippen LogP contribution < -0.4 is 16.3 Å². The Morgan fingerprint density at radius 1 is 1.19 bits per heavy atom. The first-order valence-corrected chi connectivity index (χ1v) is 11.8. The average molecular weight is 498 g/mol. The van der Waals surface area contributed by atoms with E-state index in [0.717, 1.165) is 22.3 Å². The zero-order valence-corrected chi connectivity index (χ0v) is 20.2. The predicted molar refractivity (Wildman–Crippen MR) is 137 cm³/mol. The number of nitrogens with one attached hydrogen (secondary N) is 2. The number of nitrogens with zero attached hydrogens (tertiary/aromatic N) is 5. The highest BCUT2D eigenvalue weighted by Gasteiger charge is 2.27. The van der Waals surface area contributed by atoms with Crippen LogP contribution in [0.25, 0.3) is 33.3 Å². The van der Waals surface area contributed by atoms with Crippen LogP contribution in [-0.2, 0) is 11.8 Å². The molecule has 1 aliphatic rings. The smallest absolute Gasteiger partial charge is 0.347 e. The predicted octanol–water partition coefficient (Wildman–Crippen LogP) is 3.14. The summed E-state index contributed by atoms with van der Waals surface area (Å²) in [7, 11) is 1.84. The number of ketones is 1. The summed E-state index contributed by atoms with van der Waals surface area (Å²) < 4.78 is 13.2. The van der Waals surface area contributed by atoms with Crippen LogP contribution >= 0.6 is 0 Å². The van der Waals surface area contributed by atoms with E-state index in [4.69, 9.17) is 9.15 Å². The minimum atomic E-state index is -0.681. The van der Waals surface area contributed by atoms with Crippen molar-refractivity contribution in [1.29, 1.82) is 0 Å². The Hall–Kier alpha value is -4.48. The number of morpholine rings is 1. The van der Waals surface area contributed by atoms with Crippen molar-refractivity contribution in [3.63, 3.8) is 0 Å². The summed E-state index contributed by atoms with van der Waals surface area (Å²) >= 11 is 0. The Morgan fingerprint density at radius 2 is 2.08 bits per heavy atom. The molecule has 11 nitrogen and oxygen atoms in total. The molecule has 1 atom stereocenters. The van der Waals surface area contributed by atoms with Crippen molar-refractivity contribution >= 4 is 39.4 Å². The van der Waals surface area contributed by atoms with Gasteiger partial charge in [-0.15, -0.1) is 5.10 Å². The van der Waals surface area contributed by atoms with Gasteiger partial charge in [-0.05, 0) is 37.3 Å². The Balaban J connectivity index is 1.36. The largest absolute Gasteiger partial charge is 0.422 e. The van der Waals surface area contributed by atoms with E-state index in [1.165, 1.54) is 6.92 Å². The van der Waals surface area contributed by atoms with Crippen LogP contribution in [0, 0.1) is 0 Å². The van der Waals surface area contributed by atoms with Gasteiger partial charge in [0.25, 0.3) is 0 Å². The summed E-state index contributed by atoms with van der Waals surface area (Å²) in [5, 5.41) is 15.2. The standard InChI is InChI=1S/C26H23N7O4/c1-14(34)23-24(22-13-27-9-10-36-22)17-5-4-16(12-21(17)37-25(23)35)29-26-28-8-7-18(30-26)15-3-6-19-20(11-15)33(2)32-31-19/h3-8,11-12,22,27H,9-10,13H2,1-2H3,(H,28,29,30). The van der Waals surface area contributed by atoms with Gasteiger partial charge in [0.2, 0.25) is 5.95 Å². The minimum absolute atomic E-state index is 0.0264.